The number of nitrogens with zero attached hydrogens (tertiary/aromatic N) is 6. The molecule has 26 heavy (non-hydrogen) atoms. The summed E-state index contributed by atoms with van der Waals surface area (Å²) < 4.78 is 7.35. The van der Waals surface area contributed by atoms with Crippen molar-refractivity contribution >= 4 is 23.4 Å². The second-order valence-electron chi connectivity index (χ2n) is 6.09. The first kappa shape index (κ1) is 17.5. The molecule has 3 aromatic rings. The van der Waals surface area contributed by atoms with Crippen molar-refractivity contribution in [1.29, 1.82) is 0 Å². The zero-order valence-corrected chi connectivity index (χ0v) is 16.0. The Morgan fingerprint density at radius 3 is 2.96 bits per heavy atom. The van der Waals surface area contributed by atoms with Crippen LogP contribution in [0.25, 0.3) is 11.5 Å². The second-order valence-corrected chi connectivity index (χ2v) is 7.46. The first-order chi connectivity index (χ1) is 12.6. The third-order valence-corrected chi connectivity index (χ3v) is 5.76. The van der Waals surface area contributed by atoms with E-state index in [2.05, 4.69) is 37.4 Å². The largest absolute Gasteiger partial charge is 0.334 e. The zero-order chi connectivity index (χ0) is 18.1. The van der Waals surface area contributed by atoms with E-state index in [1.165, 1.54) is 11.8 Å². The Kier molecular flexibility index (Phi) is 4.94. The van der Waals surface area contributed by atoms with Gasteiger partial charge in [0.25, 0.3) is 5.89 Å². The molecule has 10 heteroatoms. The number of aryl methyl sites for hydroxylation is 1. The maximum atomic E-state index is 6.40. The molecule has 0 bridgehead atoms. The molecule has 1 fully saturated rings. The van der Waals surface area contributed by atoms with Crippen LogP contribution in [0, 0.1) is 0 Å². The molecule has 1 N–H and O–H groups in total. The van der Waals surface area contributed by atoms with Gasteiger partial charge in [0.1, 0.15) is 5.03 Å². The molecule has 0 aliphatic carbocycles. The van der Waals surface area contributed by atoms with Crippen LogP contribution in [0.4, 0.5) is 0 Å². The Labute approximate surface area is 160 Å². The molecule has 1 atom stereocenters. The van der Waals surface area contributed by atoms with Crippen LogP contribution in [-0.2, 0) is 7.05 Å². The Morgan fingerprint density at radius 1 is 1.35 bits per heavy atom. The van der Waals surface area contributed by atoms with E-state index in [4.69, 9.17) is 16.1 Å². The van der Waals surface area contributed by atoms with Gasteiger partial charge >= 0.3 is 0 Å². The summed E-state index contributed by atoms with van der Waals surface area (Å²) in [7, 11) is 3.98. The first-order valence-electron chi connectivity index (χ1n) is 8.17. The van der Waals surface area contributed by atoms with Crippen molar-refractivity contribution in [3.8, 4) is 11.5 Å². The van der Waals surface area contributed by atoms with Crippen LogP contribution >= 0.6 is 23.4 Å². The molecule has 8 nitrogen and oxygen atoms in total. The van der Waals surface area contributed by atoms with Gasteiger partial charge in [-0.1, -0.05) is 16.8 Å². The predicted octanol–water partition coefficient (Wildman–Crippen LogP) is 2.25. The zero-order valence-electron chi connectivity index (χ0n) is 14.4. The highest BCUT2D eigenvalue weighted by molar-refractivity contribution is 7.99. The molecule has 136 valence electrons. The predicted molar refractivity (Wildman–Crippen MR) is 98.1 cm³/mol. The fraction of sp³-hybridized carbons (Fsp3) is 0.375. The fourth-order valence-corrected chi connectivity index (χ4v) is 3.77. The van der Waals surface area contributed by atoms with Crippen LogP contribution in [0.3, 0.4) is 0 Å². The Morgan fingerprint density at radius 2 is 2.23 bits per heavy atom. The van der Waals surface area contributed by atoms with Gasteiger partial charge in [-0.05, 0) is 24.9 Å². The highest BCUT2D eigenvalue weighted by Gasteiger charge is 2.25. The quantitative estimate of drug-likeness (QED) is 0.724. The smallest absolute Gasteiger partial charge is 0.259 e. The fourth-order valence-electron chi connectivity index (χ4n) is 2.74. The number of piperazine rings is 1. The first-order valence-corrected chi connectivity index (χ1v) is 9.37. The average Bonchev–Trinajstić information content (AvgIpc) is 3.27. The number of likely N-dealkylation sites (N-methyl/N-ethyl adjacent to an activating group) is 1. The molecule has 1 aliphatic heterocycles. The van der Waals surface area contributed by atoms with Gasteiger partial charge in [0.15, 0.2) is 11.0 Å². The molecule has 1 aliphatic rings. The minimum Gasteiger partial charge on any atom is -0.334 e. The van der Waals surface area contributed by atoms with Gasteiger partial charge in [0.2, 0.25) is 0 Å². The van der Waals surface area contributed by atoms with Crippen molar-refractivity contribution in [3.05, 3.63) is 35.5 Å². The summed E-state index contributed by atoms with van der Waals surface area (Å²) in [5.41, 5.74) is 0.698. The van der Waals surface area contributed by atoms with Gasteiger partial charge < -0.3 is 14.4 Å². The molecule has 0 saturated carbocycles. The number of hydrogen-bond acceptors (Lipinski definition) is 8. The normalized spacial score (nSPS) is 18.3. The summed E-state index contributed by atoms with van der Waals surface area (Å²) in [5, 5.41) is 9.50. The van der Waals surface area contributed by atoms with Crippen molar-refractivity contribution in [2.45, 2.75) is 16.2 Å². The molecular formula is C16H18ClN7OS. The molecular weight excluding hydrogens is 374 g/mol. The topological polar surface area (TPSA) is 84.9 Å². The van der Waals surface area contributed by atoms with Crippen molar-refractivity contribution in [2.24, 2.45) is 7.05 Å². The minimum atomic E-state index is 0.0999. The van der Waals surface area contributed by atoms with Crippen LogP contribution in [0.1, 0.15) is 11.9 Å². The molecule has 0 radical (unpaired) electrons. The van der Waals surface area contributed by atoms with E-state index in [9.17, 15) is 0 Å². The second kappa shape index (κ2) is 7.36. The van der Waals surface area contributed by atoms with Crippen molar-refractivity contribution in [1.82, 2.24) is 34.9 Å². The molecule has 4 heterocycles. The summed E-state index contributed by atoms with van der Waals surface area (Å²) in [4.78, 5) is 15.5. The van der Waals surface area contributed by atoms with E-state index < -0.39 is 0 Å². The molecule has 0 aromatic carbocycles. The van der Waals surface area contributed by atoms with E-state index >= 15 is 0 Å². The number of aromatic nitrogens is 5. The van der Waals surface area contributed by atoms with Gasteiger partial charge in [-0.3, -0.25) is 4.90 Å². The van der Waals surface area contributed by atoms with E-state index in [-0.39, 0.29) is 6.04 Å². The van der Waals surface area contributed by atoms with Gasteiger partial charge in [-0.15, -0.1) is 0 Å². The molecule has 0 spiro atoms. The van der Waals surface area contributed by atoms with Crippen LogP contribution in [0.15, 0.2) is 39.4 Å². The number of imidazole rings is 1. The van der Waals surface area contributed by atoms with Gasteiger partial charge in [-0.2, -0.15) is 4.98 Å². The standard InChI is InChI=1S/C16H18ClN7OS/c1-23-5-3-18-9-12(23)13-21-14(25-22-13)10-7-11(17)15(20-8-10)26-16-19-4-6-24(16)2/h4,6-8,12,18H,3,5,9H2,1-2H3. The highest BCUT2D eigenvalue weighted by Crippen LogP contribution is 2.33. The van der Waals surface area contributed by atoms with Crippen LogP contribution in [0.5, 0.6) is 0 Å². The van der Waals surface area contributed by atoms with Gasteiger partial charge in [-0.25, -0.2) is 9.97 Å². The number of rotatable bonds is 4. The lowest BCUT2D eigenvalue weighted by Gasteiger charge is -2.30. The molecule has 1 saturated heterocycles. The van der Waals surface area contributed by atoms with Gasteiger partial charge in [0, 0.05) is 45.3 Å². The number of halogens is 1. The summed E-state index contributed by atoms with van der Waals surface area (Å²) in [5.74, 6) is 1.08. The van der Waals surface area contributed by atoms with Crippen LogP contribution in [-0.4, -0.2) is 56.3 Å². The molecule has 0 amide bonds. The maximum Gasteiger partial charge on any atom is 0.259 e. The Hall–Kier alpha value is -1.94. The van der Waals surface area contributed by atoms with E-state index in [0.29, 0.717) is 27.3 Å². The van der Waals surface area contributed by atoms with Crippen molar-refractivity contribution < 1.29 is 4.52 Å². The molecule has 4 rings (SSSR count). The van der Waals surface area contributed by atoms with Crippen molar-refractivity contribution in [2.75, 3.05) is 26.7 Å². The van der Waals surface area contributed by atoms with E-state index in [1.807, 2.05) is 17.8 Å². The lowest BCUT2D eigenvalue weighted by molar-refractivity contribution is 0.190. The Balaban J connectivity index is 1.55. The Bertz CT molecular complexity index is 912. The number of hydrogen-bond donors (Lipinski definition) is 1. The van der Waals surface area contributed by atoms with Crippen LogP contribution < -0.4 is 5.32 Å². The highest BCUT2D eigenvalue weighted by atomic mass is 35.5. The summed E-state index contributed by atoms with van der Waals surface area (Å²) in [6, 6.07) is 1.89. The third-order valence-electron chi connectivity index (χ3n) is 4.27. The molecule has 1 unspecified atom stereocenters. The average molecular weight is 392 g/mol. The maximum absolute atomic E-state index is 6.40. The summed E-state index contributed by atoms with van der Waals surface area (Å²) >= 11 is 7.81. The van der Waals surface area contributed by atoms with Gasteiger partial charge in [0.05, 0.1) is 16.6 Å². The van der Waals surface area contributed by atoms with E-state index in [0.717, 1.165) is 24.8 Å². The number of pyridine rings is 1. The SMILES string of the molecule is CN1CCNCC1c1noc(-c2cnc(Sc3nccn3C)c(Cl)c2)n1. The number of nitrogens with one attached hydrogen (secondary N) is 1. The van der Waals surface area contributed by atoms with Crippen molar-refractivity contribution in [3.63, 3.8) is 0 Å². The summed E-state index contributed by atoms with van der Waals surface area (Å²) in [6.45, 7) is 2.71. The molecule has 3 aromatic heterocycles. The lowest BCUT2D eigenvalue weighted by atomic mass is 10.2. The minimum absolute atomic E-state index is 0.0999. The summed E-state index contributed by atoms with van der Waals surface area (Å²) in [6.07, 6.45) is 5.31. The van der Waals surface area contributed by atoms with E-state index in [1.54, 1.807) is 18.5 Å². The lowest BCUT2D eigenvalue weighted by Crippen LogP contribution is -2.44. The monoisotopic (exact) mass is 391 g/mol. The van der Waals surface area contributed by atoms with Crippen LogP contribution in [0.2, 0.25) is 5.02 Å². The third kappa shape index (κ3) is 3.48.